The Balaban J connectivity index is 1.66. The first-order chi connectivity index (χ1) is 16.0. The van der Waals surface area contributed by atoms with Gasteiger partial charge in [-0.25, -0.2) is 0 Å². The second-order valence-corrected chi connectivity index (χ2v) is 8.43. The molecule has 0 saturated heterocycles. The van der Waals surface area contributed by atoms with Gasteiger partial charge in [-0.3, -0.25) is 4.79 Å². The first-order valence-corrected chi connectivity index (χ1v) is 11.5. The van der Waals surface area contributed by atoms with Crippen LogP contribution in [0.1, 0.15) is 25.8 Å². The van der Waals surface area contributed by atoms with Gasteiger partial charge in [0, 0.05) is 28.7 Å². The van der Waals surface area contributed by atoms with E-state index in [4.69, 9.17) is 0 Å². The van der Waals surface area contributed by atoms with Gasteiger partial charge in [0.2, 0.25) is 5.91 Å². The fourth-order valence-electron chi connectivity index (χ4n) is 3.72. The summed E-state index contributed by atoms with van der Waals surface area (Å²) in [5, 5.41) is 3.01. The molecule has 4 aromatic rings. The molecule has 0 saturated carbocycles. The Kier molecular flexibility index (Phi) is 6.89. The lowest BCUT2D eigenvalue weighted by atomic mass is 10.0. The van der Waals surface area contributed by atoms with E-state index in [1.54, 1.807) is 0 Å². The van der Waals surface area contributed by atoms with E-state index in [-0.39, 0.29) is 11.8 Å². The van der Waals surface area contributed by atoms with Crippen molar-refractivity contribution in [1.82, 2.24) is 0 Å². The summed E-state index contributed by atoms with van der Waals surface area (Å²) < 4.78 is 0. The molecule has 1 atom stereocenters. The van der Waals surface area contributed by atoms with Crippen LogP contribution in [0.15, 0.2) is 103 Å². The van der Waals surface area contributed by atoms with Crippen molar-refractivity contribution >= 4 is 28.7 Å². The van der Waals surface area contributed by atoms with Crippen LogP contribution in [0.25, 0.3) is 11.1 Å². The molecular formula is C30H30N2O. The summed E-state index contributed by atoms with van der Waals surface area (Å²) in [7, 11) is 0. The fourth-order valence-corrected chi connectivity index (χ4v) is 3.72. The van der Waals surface area contributed by atoms with Crippen LogP contribution in [0.5, 0.6) is 0 Å². The zero-order valence-electron chi connectivity index (χ0n) is 19.5. The molecule has 0 aliphatic heterocycles. The molecule has 0 aliphatic carbocycles. The Morgan fingerprint density at radius 3 is 1.76 bits per heavy atom. The first-order valence-electron chi connectivity index (χ1n) is 11.5. The zero-order chi connectivity index (χ0) is 23.2. The van der Waals surface area contributed by atoms with E-state index in [1.807, 2.05) is 32.0 Å². The van der Waals surface area contributed by atoms with E-state index in [9.17, 15) is 4.79 Å². The number of aryl methyl sites for hydroxylation is 1. The maximum absolute atomic E-state index is 12.3. The highest BCUT2D eigenvalue weighted by molar-refractivity contribution is 5.92. The van der Waals surface area contributed by atoms with Crippen LogP contribution in [0.4, 0.5) is 22.7 Å². The summed E-state index contributed by atoms with van der Waals surface area (Å²) in [5.41, 5.74) is 7.62. The van der Waals surface area contributed by atoms with E-state index in [0.29, 0.717) is 0 Å². The zero-order valence-corrected chi connectivity index (χ0v) is 19.5. The summed E-state index contributed by atoms with van der Waals surface area (Å²) in [5.74, 6) is 0.0500. The number of carbonyl (C=O) groups is 1. The molecule has 0 radical (unpaired) electrons. The Hall–Kier alpha value is -3.85. The van der Waals surface area contributed by atoms with Crippen LogP contribution < -0.4 is 10.2 Å². The number of hydrogen-bond donors (Lipinski definition) is 1. The Morgan fingerprint density at radius 1 is 0.727 bits per heavy atom. The number of rotatable bonds is 7. The lowest BCUT2D eigenvalue weighted by Gasteiger charge is -2.26. The van der Waals surface area contributed by atoms with Crippen LogP contribution in [0, 0.1) is 12.8 Å². The Morgan fingerprint density at radius 2 is 1.21 bits per heavy atom. The van der Waals surface area contributed by atoms with E-state index >= 15 is 0 Å². The average Bonchev–Trinajstić information content (AvgIpc) is 2.87. The minimum Gasteiger partial charge on any atom is -0.326 e. The highest BCUT2D eigenvalue weighted by Gasteiger charge is 2.14. The molecule has 3 nitrogen and oxygen atoms in total. The molecule has 4 aromatic carbocycles. The van der Waals surface area contributed by atoms with Crippen LogP contribution in [0.2, 0.25) is 0 Å². The molecule has 1 amide bonds. The third-order valence-corrected chi connectivity index (χ3v) is 5.98. The number of nitrogens with one attached hydrogen (secondary N) is 1. The fraction of sp³-hybridized carbons (Fsp3) is 0.167. The largest absolute Gasteiger partial charge is 0.326 e. The predicted molar refractivity (Wildman–Crippen MR) is 139 cm³/mol. The van der Waals surface area contributed by atoms with Crippen molar-refractivity contribution in [3.63, 3.8) is 0 Å². The third kappa shape index (κ3) is 5.32. The van der Waals surface area contributed by atoms with Gasteiger partial charge in [0.15, 0.2) is 0 Å². The third-order valence-electron chi connectivity index (χ3n) is 5.98. The highest BCUT2D eigenvalue weighted by Crippen LogP contribution is 2.36. The number of amides is 1. The van der Waals surface area contributed by atoms with Gasteiger partial charge in [0.05, 0.1) is 0 Å². The molecule has 4 rings (SSSR count). The van der Waals surface area contributed by atoms with Gasteiger partial charge >= 0.3 is 0 Å². The van der Waals surface area contributed by atoms with Crippen LogP contribution in [-0.4, -0.2) is 5.91 Å². The molecule has 3 heteroatoms. The number of benzene rings is 4. The van der Waals surface area contributed by atoms with E-state index in [2.05, 4.69) is 102 Å². The molecule has 0 aliphatic rings. The number of carbonyl (C=O) groups excluding carboxylic acids is 1. The van der Waals surface area contributed by atoms with E-state index < -0.39 is 0 Å². The van der Waals surface area contributed by atoms with Gasteiger partial charge < -0.3 is 10.2 Å². The molecule has 1 unspecified atom stereocenters. The van der Waals surface area contributed by atoms with Crippen molar-refractivity contribution in [2.75, 3.05) is 10.2 Å². The van der Waals surface area contributed by atoms with Crippen molar-refractivity contribution in [2.45, 2.75) is 27.2 Å². The van der Waals surface area contributed by atoms with Crippen molar-refractivity contribution < 1.29 is 4.79 Å². The Labute approximate surface area is 196 Å². The summed E-state index contributed by atoms with van der Waals surface area (Å²) in [4.78, 5) is 14.5. The SMILES string of the molecule is CCC(C)C(=O)Nc1ccc(N(c2ccc(C)cc2)c2ccc(-c3ccccc3)cc2)cc1. The van der Waals surface area contributed by atoms with Crippen LogP contribution in [-0.2, 0) is 4.79 Å². The number of hydrogen-bond acceptors (Lipinski definition) is 2. The van der Waals surface area contributed by atoms with Crippen molar-refractivity contribution in [3.05, 3.63) is 109 Å². The Bertz CT molecular complexity index is 1180. The summed E-state index contributed by atoms with van der Waals surface area (Å²) in [6.45, 7) is 6.06. The summed E-state index contributed by atoms with van der Waals surface area (Å²) >= 11 is 0. The van der Waals surface area contributed by atoms with Gasteiger partial charge in [0.1, 0.15) is 0 Å². The molecule has 0 bridgehead atoms. The predicted octanol–water partition coefficient (Wildman–Crippen LogP) is 8.12. The van der Waals surface area contributed by atoms with Crippen LogP contribution >= 0.6 is 0 Å². The minimum absolute atomic E-state index is 0.00291. The van der Waals surface area contributed by atoms with Crippen molar-refractivity contribution in [1.29, 1.82) is 0 Å². The minimum atomic E-state index is -0.00291. The second kappa shape index (κ2) is 10.2. The van der Waals surface area contributed by atoms with Gasteiger partial charge in [-0.05, 0) is 73.0 Å². The van der Waals surface area contributed by atoms with Gasteiger partial charge in [-0.2, -0.15) is 0 Å². The molecule has 1 N–H and O–H groups in total. The van der Waals surface area contributed by atoms with Gasteiger partial charge in [-0.15, -0.1) is 0 Å². The summed E-state index contributed by atoms with van der Waals surface area (Å²) in [6.07, 6.45) is 0.824. The quantitative estimate of drug-likeness (QED) is 0.318. The first kappa shape index (κ1) is 22.3. The second-order valence-electron chi connectivity index (χ2n) is 8.43. The van der Waals surface area contributed by atoms with Gasteiger partial charge in [-0.1, -0.05) is 74.0 Å². The van der Waals surface area contributed by atoms with Crippen LogP contribution in [0.3, 0.4) is 0 Å². The maximum atomic E-state index is 12.3. The lowest BCUT2D eigenvalue weighted by molar-refractivity contribution is -0.119. The highest BCUT2D eigenvalue weighted by atomic mass is 16.1. The molecule has 0 heterocycles. The average molecular weight is 435 g/mol. The summed E-state index contributed by atoms with van der Waals surface area (Å²) in [6, 6.07) is 35.6. The number of nitrogens with zero attached hydrogens (tertiary/aromatic N) is 1. The van der Waals surface area contributed by atoms with Gasteiger partial charge in [0.25, 0.3) is 0 Å². The normalized spacial score (nSPS) is 11.6. The topological polar surface area (TPSA) is 32.3 Å². The van der Waals surface area contributed by atoms with E-state index in [0.717, 1.165) is 29.2 Å². The molecule has 0 spiro atoms. The smallest absolute Gasteiger partial charge is 0.227 e. The lowest BCUT2D eigenvalue weighted by Crippen LogP contribution is -2.19. The van der Waals surface area contributed by atoms with E-state index in [1.165, 1.54) is 16.7 Å². The molecule has 0 fully saturated rings. The molecule has 0 aromatic heterocycles. The molecule has 33 heavy (non-hydrogen) atoms. The maximum Gasteiger partial charge on any atom is 0.227 e. The van der Waals surface area contributed by atoms with Crippen molar-refractivity contribution in [3.8, 4) is 11.1 Å². The number of anilines is 4. The monoisotopic (exact) mass is 434 g/mol. The molecular weight excluding hydrogens is 404 g/mol. The molecule has 166 valence electrons. The van der Waals surface area contributed by atoms with Crippen molar-refractivity contribution in [2.24, 2.45) is 5.92 Å². The standard InChI is InChI=1S/C30H30N2O/c1-4-23(3)30(33)31-26-14-20-29(21-15-26)32(27-16-10-22(2)11-17-27)28-18-12-25(13-19-28)24-8-6-5-7-9-24/h5-21,23H,4H2,1-3H3,(H,31,33).